The Kier molecular flexibility index (Phi) is 5.10. The molecule has 1 N–H and O–H groups in total. The van der Waals surface area contributed by atoms with E-state index in [9.17, 15) is 4.79 Å². The van der Waals surface area contributed by atoms with E-state index in [0.29, 0.717) is 5.41 Å². The Hall–Kier alpha value is -0.730. The predicted molar refractivity (Wildman–Crippen MR) is 67.5 cm³/mol. The Morgan fingerprint density at radius 1 is 1.19 bits per heavy atom. The molecule has 1 aliphatic rings. The molecule has 0 saturated heterocycles. The van der Waals surface area contributed by atoms with Gasteiger partial charge in [0.25, 0.3) is 0 Å². The third kappa shape index (κ3) is 3.13. The number of rotatable bonds is 5. The second-order valence-corrected chi connectivity index (χ2v) is 4.89. The molecule has 0 aromatic heterocycles. The van der Waals surface area contributed by atoms with Crippen LogP contribution in [-0.4, -0.2) is 30.6 Å². The molecule has 16 heavy (non-hydrogen) atoms. The van der Waals surface area contributed by atoms with Gasteiger partial charge in [0, 0.05) is 19.6 Å². The third-order valence-corrected chi connectivity index (χ3v) is 4.08. The summed E-state index contributed by atoms with van der Waals surface area (Å²) in [6.07, 6.45) is 6.40. The van der Waals surface area contributed by atoms with E-state index >= 15 is 0 Å². The van der Waals surface area contributed by atoms with Crippen LogP contribution in [0.25, 0.3) is 0 Å². The average Bonchev–Trinajstić information content (AvgIpc) is 2.77. The Morgan fingerprint density at radius 3 is 2.19 bits per heavy atom. The van der Waals surface area contributed by atoms with E-state index in [1.165, 1.54) is 32.1 Å². The minimum atomic E-state index is 0.102. The number of amides is 2. The molecular formula is C13H26N2O. The van der Waals surface area contributed by atoms with Crippen LogP contribution in [0.1, 0.15) is 52.9 Å². The molecule has 1 rings (SSSR count). The summed E-state index contributed by atoms with van der Waals surface area (Å²) in [5.41, 5.74) is 0.392. The zero-order valence-electron chi connectivity index (χ0n) is 11.0. The zero-order chi connectivity index (χ0) is 12.0. The van der Waals surface area contributed by atoms with Gasteiger partial charge >= 0.3 is 6.03 Å². The van der Waals surface area contributed by atoms with Crippen molar-refractivity contribution >= 4 is 6.03 Å². The zero-order valence-corrected chi connectivity index (χ0v) is 11.0. The van der Waals surface area contributed by atoms with Crippen LogP contribution in [0.5, 0.6) is 0 Å². The van der Waals surface area contributed by atoms with Gasteiger partial charge in [-0.2, -0.15) is 0 Å². The summed E-state index contributed by atoms with van der Waals surface area (Å²) in [5.74, 6) is 0. The highest BCUT2D eigenvalue weighted by Gasteiger charge is 2.32. The first kappa shape index (κ1) is 13.3. The molecule has 1 fully saturated rings. The van der Waals surface area contributed by atoms with Crippen LogP contribution in [0.15, 0.2) is 0 Å². The SMILES string of the molecule is CCN(CC)C(=O)NCC1(CC)CCCC1. The van der Waals surface area contributed by atoms with Crippen molar-refractivity contribution in [2.24, 2.45) is 5.41 Å². The highest BCUT2D eigenvalue weighted by atomic mass is 16.2. The van der Waals surface area contributed by atoms with Crippen molar-refractivity contribution in [3.8, 4) is 0 Å². The molecular weight excluding hydrogens is 200 g/mol. The number of hydrogen-bond donors (Lipinski definition) is 1. The maximum atomic E-state index is 11.8. The first-order chi connectivity index (χ1) is 7.67. The van der Waals surface area contributed by atoms with Crippen LogP contribution in [-0.2, 0) is 0 Å². The summed E-state index contributed by atoms with van der Waals surface area (Å²) in [6.45, 7) is 8.74. The van der Waals surface area contributed by atoms with Gasteiger partial charge in [-0.25, -0.2) is 4.79 Å². The second-order valence-electron chi connectivity index (χ2n) is 4.89. The minimum Gasteiger partial charge on any atom is -0.337 e. The topological polar surface area (TPSA) is 32.3 Å². The van der Waals surface area contributed by atoms with Gasteiger partial charge in [0.1, 0.15) is 0 Å². The van der Waals surface area contributed by atoms with Crippen molar-refractivity contribution < 1.29 is 4.79 Å². The highest BCUT2D eigenvalue weighted by molar-refractivity contribution is 5.74. The molecule has 3 nitrogen and oxygen atoms in total. The number of nitrogens with one attached hydrogen (secondary N) is 1. The lowest BCUT2D eigenvalue weighted by Gasteiger charge is -2.29. The quantitative estimate of drug-likeness (QED) is 0.768. The van der Waals surface area contributed by atoms with Crippen LogP contribution in [0.2, 0.25) is 0 Å². The van der Waals surface area contributed by atoms with Crippen LogP contribution in [0, 0.1) is 5.41 Å². The highest BCUT2D eigenvalue weighted by Crippen LogP contribution is 2.40. The van der Waals surface area contributed by atoms with Crippen molar-refractivity contribution in [3.63, 3.8) is 0 Å². The number of carbonyl (C=O) groups is 1. The molecule has 1 saturated carbocycles. The summed E-state index contributed by atoms with van der Waals surface area (Å²) in [6, 6.07) is 0.102. The maximum absolute atomic E-state index is 11.8. The van der Waals surface area contributed by atoms with Crippen molar-refractivity contribution in [1.29, 1.82) is 0 Å². The largest absolute Gasteiger partial charge is 0.337 e. The summed E-state index contributed by atoms with van der Waals surface area (Å²) < 4.78 is 0. The first-order valence-electron chi connectivity index (χ1n) is 6.70. The number of urea groups is 1. The van der Waals surface area contributed by atoms with Crippen molar-refractivity contribution in [3.05, 3.63) is 0 Å². The molecule has 2 amide bonds. The first-order valence-corrected chi connectivity index (χ1v) is 6.70. The molecule has 0 atom stereocenters. The fourth-order valence-corrected chi connectivity index (χ4v) is 2.67. The van der Waals surface area contributed by atoms with Crippen molar-refractivity contribution in [2.45, 2.75) is 52.9 Å². The van der Waals surface area contributed by atoms with Gasteiger partial charge in [0.15, 0.2) is 0 Å². The van der Waals surface area contributed by atoms with Gasteiger partial charge in [-0.3, -0.25) is 0 Å². The van der Waals surface area contributed by atoms with Gasteiger partial charge in [-0.05, 0) is 38.5 Å². The summed E-state index contributed by atoms with van der Waals surface area (Å²) in [7, 11) is 0. The summed E-state index contributed by atoms with van der Waals surface area (Å²) >= 11 is 0. The van der Waals surface area contributed by atoms with Crippen LogP contribution >= 0.6 is 0 Å². The smallest absolute Gasteiger partial charge is 0.317 e. The monoisotopic (exact) mass is 226 g/mol. The van der Waals surface area contributed by atoms with E-state index in [2.05, 4.69) is 12.2 Å². The van der Waals surface area contributed by atoms with Crippen LogP contribution in [0.4, 0.5) is 4.79 Å². The molecule has 3 heteroatoms. The minimum absolute atomic E-state index is 0.102. The molecule has 0 radical (unpaired) electrons. The van der Waals surface area contributed by atoms with Gasteiger partial charge in [-0.15, -0.1) is 0 Å². The van der Waals surface area contributed by atoms with Gasteiger partial charge in [0.2, 0.25) is 0 Å². The Morgan fingerprint density at radius 2 is 1.75 bits per heavy atom. The molecule has 0 aromatic carbocycles. The van der Waals surface area contributed by atoms with E-state index in [1.807, 2.05) is 18.7 Å². The number of carbonyl (C=O) groups excluding carboxylic acids is 1. The van der Waals surface area contributed by atoms with Crippen molar-refractivity contribution in [2.75, 3.05) is 19.6 Å². The fourth-order valence-electron chi connectivity index (χ4n) is 2.67. The molecule has 0 aliphatic heterocycles. The predicted octanol–water partition coefficient (Wildman–Crippen LogP) is 3.01. The van der Waals surface area contributed by atoms with Crippen LogP contribution < -0.4 is 5.32 Å². The number of nitrogens with zero attached hydrogens (tertiary/aromatic N) is 1. The summed E-state index contributed by atoms with van der Waals surface area (Å²) in [4.78, 5) is 13.7. The molecule has 0 heterocycles. The van der Waals surface area contributed by atoms with E-state index in [0.717, 1.165) is 19.6 Å². The van der Waals surface area contributed by atoms with Gasteiger partial charge in [0.05, 0.1) is 0 Å². The Balaban J connectivity index is 2.40. The van der Waals surface area contributed by atoms with Crippen molar-refractivity contribution in [1.82, 2.24) is 10.2 Å². The lowest BCUT2D eigenvalue weighted by Crippen LogP contribution is -2.44. The van der Waals surface area contributed by atoms with E-state index in [-0.39, 0.29) is 6.03 Å². The Labute approximate surface area is 99.6 Å². The van der Waals surface area contributed by atoms with Crippen LogP contribution in [0.3, 0.4) is 0 Å². The normalized spacial score (nSPS) is 18.4. The molecule has 94 valence electrons. The fraction of sp³-hybridized carbons (Fsp3) is 0.923. The maximum Gasteiger partial charge on any atom is 0.317 e. The molecule has 0 unspecified atom stereocenters. The van der Waals surface area contributed by atoms with Gasteiger partial charge < -0.3 is 10.2 Å². The molecule has 1 aliphatic carbocycles. The lowest BCUT2D eigenvalue weighted by atomic mass is 9.83. The standard InChI is InChI=1S/C13H26N2O/c1-4-13(9-7-8-10-13)11-14-12(16)15(5-2)6-3/h4-11H2,1-3H3,(H,14,16). The molecule has 0 bridgehead atoms. The average molecular weight is 226 g/mol. The number of hydrogen-bond acceptors (Lipinski definition) is 1. The molecule has 0 spiro atoms. The van der Waals surface area contributed by atoms with E-state index in [4.69, 9.17) is 0 Å². The third-order valence-electron chi connectivity index (χ3n) is 4.08. The second kappa shape index (κ2) is 6.12. The van der Waals surface area contributed by atoms with Gasteiger partial charge in [-0.1, -0.05) is 19.8 Å². The van der Waals surface area contributed by atoms with E-state index < -0.39 is 0 Å². The van der Waals surface area contributed by atoms with E-state index in [1.54, 1.807) is 0 Å². The Bertz CT molecular complexity index is 218. The lowest BCUT2D eigenvalue weighted by molar-refractivity contribution is 0.191. The molecule has 0 aromatic rings. The summed E-state index contributed by atoms with van der Waals surface area (Å²) in [5, 5.41) is 3.11.